The molecule has 5 nitrogen and oxygen atoms in total. The van der Waals surface area contributed by atoms with Crippen LogP contribution >= 0.6 is 0 Å². The van der Waals surface area contributed by atoms with Crippen LogP contribution in [0.3, 0.4) is 0 Å². The lowest BCUT2D eigenvalue weighted by Gasteiger charge is -2.35. The first kappa shape index (κ1) is 14.8. The second-order valence-corrected chi connectivity index (χ2v) is 6.41. The highest BCUT2D eigenvalue weighted by Crippen LogP contribution is 2.24. The van der Waals surface area contributed by atoms with Crippen LogP contribution in [0, 0.1) is 0 Å². The summed E-state index contributed by atoms with van der Waals surface area (Å²) < 4.78 is 0. The Morgan fingerprint density at radius 2 is 2.05 bits per heavy atom. The third-order valence-electron chi connectivity index (χ3n) is 4.07. The average Bonchev–Trinajstić information content (AvgIpc) is 2.85. The average molecular weight is 269 g/mol. The fourth-order valence-electron chi connectivity index (χ4n) is 3.07. The normalized spacial score (nSPS) is 26.6. The highest BCUT2D eigenvalue weighted by molar-refractivity contribution is 5.82. The van der Waals surface area contributed by atoms with Crippen molar-refractivity contribution in [3.05, 3.63) is 0 Å². The van der Waals surface area contributed by atoms with E-state index >= 15 is 0 Å². The number of nitrogens with one attached hydrogen (secondary N) is 2. The molecular weight excluding hydrogens is 242 g/mol. The first-order valence-electron chi connectivity index (χ1n) is 7.44. The van der Waals surface area contributed by atoms with E-state index in [0.29, 0.717) is 12.6 Å². The topological polar surface area (TPSA) is 64.6 Å². The number of likely N-dealkylation sites (tertiary alicyclic amines) is 1. The van der Waals surface area contributed by atoms with E-state index < -0.39 is 5.60 Å². The Hall–Kier alpha value is -0.650. The van der Waals surface area contributed by atoms with Gasteiger partial charge in [-0.25, -0.2) is 0 Å². The first-order chi connectivity index (χ1) is 8.97. The molecule has 1 atom stereocenters. The van der Waals surface area contributed by atoms with Crippen molar-refractivity contribution in [1.82, 2.24) is 15.5 Å². The predicted octanol–water partition coefficient (Wildman–Crippen LogP) is 0.0899. The van der Waals surface area contributed by atoms with Crippen molar-refractivity contribution in [3.8, 4) is 0 Å². The highest BCUT2D eigenvalue weighted by atomic mass is 16.3. The van der Waals surface area contributed by atoms with Crippen LogP contribution in [0.15, 0.2) is 0 Å². The largest absolute Gasteiger partial charge is 0.389 e. The van der Waals surface area contributed by atoms with Gasteiger partial charge in [0.2, 0.25) is 5.91 Å². The molecule has 0 bridgehead atoms. The fourth-order valence-corrected chi connectivity index (χ4v) is 3.07. The number of rotatable bonds is 4. The van der Waals surface area contributed by atoms with Crippen molar-refractivity contribution >= 4 is 5.91 Å². The molecule has 110 valence electrons. The molecule has 1 amide bonds. The summed E-state index contributed by atoms with van der Waals surface area (Å²) in [4.78, 5) is 14.6. The van der Waals surface area contributed by atoms with Crippen molar-refractivity contribution in [2.75, 3.05) is 26.2 Å². The van der Waals surface area contributed by atoms with Gasteiger partial charge in [-0.05, 0) is 59.2 Å². The number of nitrogens with zero attached hydrogens (tertiary/aromatic N) is 1. The monoisotopic (exact) mass is 269 g/mol. The number of aliphatic hydroxyl groups is 1. The van der Waals surface area contributed by atoms with Crippen LogP contribution in [0.2, 0.25) is 0 Å². The second-order valence-electron chi connectivity index (χ2n) is 6.41. The van der Waals surface area contributed by atoms with Gasteiger partial charge < -0.3 is 15.7 Å². The molecule has 0 radical (unpaired) electrons. The summed E-state index contributed by atoms with van der Waals surface area (Å²) in [5, 5.41) is 15.9. The van der Waals surface area contributed by atoms with Gasteiger partial charge in [0.25, 0.3) is 0 Å². The highest BCUT2D eigenvalue weighted by Gasteiger charge is 2.35. The number of amides is 1. The van der Waals surface area contributed by atoms with E-state index in [1.54, 1.807) is 13.8 Å². The lowest BCUT2D eigenvalue weighted by molar-refractivity contribution is -0.127. The van der Waals surface area contributed by atoms with E-state index in [-0.39, 0.29) is 11.9 Å². The van der Waals surface area contributed by atoms with E-state index in [2.05, 4.69) is 15.5 Å². The van der Waals surface area contributed by atoms with Crippen molar-refractivity contribution < 1.29 is 9.90 Å². The molecule has 2 fully saturated rings. The molecule has 0 aromatic carbocycles. The molecular formula is C14H27N3O2. The molecule has 19 heavy (non-hydrogen) atoms. The minimum Gasteiger partial charge on any atom is -0.389 e. The zero-order chi connectivity index (χ0) is 13.9. The number of carbonyl (C=O) groups excluding carboxylic acids is 1. The minimum atomic E-state index is -0.839. The summed E-state index contributed by atoms with van der Waals surface area (Å²) in [5.74, 6) is 0.0816. The SMILES string of the molecule is CC(C)(O)CNC(=O)C1CCCN1C1CCNCC1. The van der Waals surface area contributed by atoms with Crippen molar-refractivity contribution in [1.29, 1.82) is 0 Å². The number of carbonyl (C=O) groups is 1. The molecule has 0 saturated carbocycles. The van der Waals surface area contributed by atoms with E-state index in [0.717, 1.165) is 45.3 Å². The van der Waals surface area contributed by atoms with Crippen molar-refractivity contribution in [2.24, 2.45) is 0 Å². The van der Waals surface area contributed by atoms with Gasteiger partial charge in [0.15, 0.2) is 0 Å². The van der Waals surface area contributed by atoms with Gasteiger partial charge >= 0.3 is 0 Å². The summed E-state index contributed by atoms with van der Waals surface area (Å²) in [6.07, 6.45) is 4.32. The van der Waals surface area contributed by atoms with E-state index in [1.165, 1.54) is 0 Å². The number of hydrogen-bond acceptors (Lipinski definition) is 4. The molecule has 3 N–H and O–H groups in total. The summed E-state index contributed by atoms with van der Waals surface area (Å²) in [5.41, 5.74) is -0.839. The lowest BCUT2D eigenvalue weighted by atomic mass is 10.0. The first-order valence-corrected chi connectivity index (χ1v) is 7.44. The standard InChI is InChI=1S/C14H27N3O2/c1-14(2,19)10-16-13(18)12-4-3-9-17(12)11-5-7-15-8-6-11/h11-12,15,19H,3-10H2,1-2H3,(H,16,18). The van der Waals surface area contributed by atoms with Gasteiger partial charge in [-0.15, -0.1) is 0 Å². The van der Waals surface area contributed by atoms with Gasteiger partial charge in [-0.3, -0.25) is 9.69 Å². The Balaban J connectivity index is 1.88. The molecule has 0 aliphatic carbocycles. The maximum atomic E-state index is 12.3. The Bertz CT molecular complexity index is 308. The third kappa shape index (κ3) is 4.16. The van der Waals surface area contributed by atoms with Crippen LogP contribution in [0.5, 0.6) is 0 Å². The fraction of sp³-hybridized carbons (Fsp3) is 0.929. The molecule has 2 saturated heterocycles. The van der Waals surface area contributed by atoms with Crippen LogP contribution in [0.1, 0.15) is 39.5 Å². The molecule has 0 aromatic heterocycles. The van der Waals surface area contributed by atoms with Crippen LogP contribution in [0.25, 0.3) is 0 Å². The van der Waals surface area contributed by atoms with Gasteiger partial charge in [0, 0.05) is 12.6 Å². The maximum absolute atomic E-state index is 12.3. The molecule has 2 aliphatic heterocycles. The van der Waals surface area contributed by atoms with Crippen molar-refractivity contribution in [3.63, 3.8) is 0 Å². The van der Waals surface area contributed by atoms with E-state index in [9.17, 15) is 9.90 Å². The summed E-state index contributed by atoms with van der Waals surface area (Å²) in [7, 11) is 0. The zero-order valence-electron chi connectivity index (χ0n) is 12.1. The summed E-state index contributed by atoms with van der Waals surface area (Å²) >= 11 is 0. The van der Waals surface area contributed by atoms with Crippen LogP contribution in [0.4, 0.5) is 0 Å². The predicted molar refractivity (Wildman–Crippen MR) is 74.9 cm³/mol. The lowest BCUT2D eigenvalue weighted by Crippen LogP contribution is -2.52. The Kier molecular flexibility index (Phi) is 4.81. The maximum Gasteiger partial charge on any atom is 0.237 e. The zero-order valence-corrected chi connectivity index (χ0v) is 12.1. The van der Waals surface area contributed by atoms with Gasteiger partial charge in [-0.2, -0.15) is 0 Å². The Labute approximate surface area is 115 Å². The Morgan fingerprint density at radius 3 is 2.68 bits per heavy atom. The summed E-state index contributed by atoms with van der Waals surface area (Å²) in [6, 6.07) is 0.548. The molecule has 2 aliphatic rings. The van der Waals surface area contributed by atoms with Gasteiger partial charge in [-0.1, -0.05) is 0 Å². The van der Waals surface area contributed by atoms with Gasteiger partial charge in [0.1, 0.15) is 0 Å². The summed E-state index contributed by atoms with van der Waals surface area (Å²) in [6.45, 7) is 6.89. The molecule has 2 rings (SSSR count). The minimum absolute atomic E-state index is 0.00505. The van der Waals surface area contributed by atoms with Crippen LogP contribution in [-0.4, -0.2) is 59.8 Å². The molecule has 1 unspecified atom stereocenters. The molecule has 0 aromatic rings. The molecule has 0 spiro atoms. The molecule has 2 heterocycles. The molecule has 5 heteroatoms. The number of hydrogen-bond donors (Lipinski definition) is 3. The van der Waals surface area contributed by atoms with Crippen LogP contribution < -0.4 is 10.6 Å². The van der Waals surface area contributed by atoms with Gasteiger partial charge in [0.05, 0.1) is 11.6 Å². The van der Waals surface area contributed by atoms with Crippen LogP contribution in [-0.2, 0) is 4.79 Å². The quantitative estimate of drug-likeness (QED) is 0.677. The Morgan fingerprint density at radius 1 is 1.37 bits per heavy atom. The smallest absolute Gasteiger partial charge is 0.237 e. The van der Waals surface area contributed by atoms with E-state index in [1.807, 2.05) is 0 Å². The number of piperidine rings is 1. The third-order valence-corrected chi connectivity index (χ3v) is 4.07. The van der Waals surface area contributed by atoms with Crippen molar-refractivity contribution in [2.45, 2.75) is 57.2 Å². The van der Waals surface area contributed by atoms with E-state index in [4.69, 9.17) is 0 Å². The second kappa shape index (κ2) is 6.20.